The average Bonchev–Trinajstić information content (AvgIpc) is 2.87. The Morgan fingerprint density at radius 2 is 1.72 bits per heavy atom. The zero-order valence-corrected chi connectivity index (χ0v) is 17.4. The van der Waals surface area contributed by atoms with Gasteiger partial charge in [0.15, 0.2) is 0 Å². The van der Waals surface area contributed by atoms with Gasteiger partial charge in [0, 0.05) is 12.3 Å². The van der Waals surface area contributed by atoms with Crippen LogP contribution in [0.1, 0.15) is 26.3 Å². The molecule has 1 aliphatic rings. The lowest BCUT2D eigenvalue weighted by molar-refractivity contribution is -0.384. The molecule has 29 heavy (non-hydrogen) atoms. The zero-order chi connectivity index (χ0) is 21.9. The van der Waals surface area contributed by atoms with Gasteiger partial charge >= 0.3 is 11.9 Å². The summed E-state index contributed by atoms with van der Waals surface area (Å²) in [5.74, 6) is -1.69. The van der Waals surface area contributed by atoms with Gasteiger partial charge in [-0.25, -0.2) is 9.59 Å². The summed E-state index contributed by atoms with van der Waals surface area (Å²) in [7, 11) is 2.30. The highest BCUT2D eigenvalue weighted by Gasteiger charge is 2.34. The maximum absolute atomic E-state index is 12.5. The third-order valence-electron chi connectivity index (χ3n) is 4.24. The standard InChI is InChI=1S/C20H21ClN2O6/c1-20(2,3)12-10-14(21)17(15(11-12)23(26)27)22-9-7-6-8-13(18(24)28-4)16(22)19(25)29-5/h6-11H,1-5H3. The number of esters is 2. The Balaban J connectivity index is 2.88. The number of carbonyl (C=O) groups excluding carboxylic acids is 2. The number of rotatable bonds is 4. The van der Waals surface area contributed by atoms with E-state index in [9.17, 15) is 19.7 Å². The van der Waals surface area contributed by atoms with Crippen molar-refractivity contribution in [2.75, 3.05) is 19.1 Å². The monoisotopic (exact) mass is 420 g/mol. The largest absolute Gasteiger partial charge is 0.465 e. The van der Waals surface area contributed by atoms with Crippen LogP contribution in [0.3, 0.4) is 0 Å². The van der Waals surface area contributed by atoms with Crippen LogP contribution in [0.2, 0.25) is 5.02 Å². The number of allylic oxidation sites excluding steroid dienone is 2. The fourth-order valence-corrected chi connectivity index (χ4v) is 3.04. The summed E-state index contributed by atoms with van der Waals surface area (Å²) in [5.41, 5.74) is -0.522. The molecule has 1 aliphatic heterocycles. The Morgan fingerprint density at radius 1 is 1.10 bits per heavy atom. The predicted molar refractivity (Wildman–Crippen MR) is 109 cm³/mol. The molecule has 0 bridgehead atoms. The number of methoxy groups -OCH3 is 2. The molecule has 0 radical (unpaired) electrons. The number of hydrogen-bond acceptors (Lipinski definition) is 7. The van der Waals surface area contributed by atoms with Crippen LogP contribution in [0, 0.1) is 10.1 Å². The minimum absolute atomic E-state index is 0.0429. The van der Waals surface area contributed by atoms with Crippen molar-refractivity contribution in [3.05, 3.63) is 68.5 Å². The Hall–Kier alpha value is -3.13. The van der Waals surface area contributed by atoms with Gasteiger partial charge in [-0.3, -0.25) is 10.1 Å². The molecule has 2 rings (SSSR count). The van der Waals surface area contributed by atoms with Crippen molar-refractivity contribution in [2.24, 2.45) is 0 Å². The molecule has 0 spiro atoms. The third-order valence-corrected chi connectivity index (χ3v) is 4.52. The average molecular weight is 421 g/mol. The molecule has 1 aromatic carbocycles. The molecule has 0 aliphatic carbocycles. The number of nitrogens with zero attached hydrogens (tertiary/aromatic N) is 2. The molecule has 1 heterocycles. The highest BCUT2D eigenvalue weighted by molar-refractivity contribution is 6.34. The van der Waals surface area contributed by atoms with E-state index in [0.717, 1.165) is 14.2 Å². The summed E-state index contributed by atoms with van der Waals surface area (Å²) in [6.07, 6.45) is 5.76. The first-order chi connectivity index (χ1) is 13.5. The Morgan fingerprint density at radius 3 is 2.24 bits per heavy atom. The van der Waals surface area contributed by atoms with Crippen LogP contribution >= 0.6 is 11.6 Å². The molecule has 0 N–H and O–H groups in total. The molecular formula is C20H21ClN2O6. The molecule has 0 aromatic heterocycles. The van der Waals surface area contributed by atoms with Gasteiger partial charge in [-0.1, -0.05) is 38.4 Å². The van der Waals surface area contributed by atoms with Gasteiger partial charge in [0.05, 0.1) is 29.7 Å². The topological polar surface area (TPSA) is 99.0 Å². The van der Waals surface area contributed by atoms with E-state index < -0.39 is 22.3 Å². The van der Waals surface area contributed by atoms with Gasteiger partial charge in [0.2, 0.25) is 0 Å². The van der Waals surface area contributed by atoms with E-state index in [1.807, 2.05) is 20.8 Å². The minimum Gasteiger partial charge on any atom is -0.465 e. The fraction of sp³-hybridized carbons (Fsp3) is 0.300. The summed E-state index contributed by atoms with van der Waals surface area (Å²) in [5, 5.41) is 11.9. The minimum atomic E-state index is -0.883. The summed E-state index contributed by atoms with van der Waals surface area (Å²) in [4.78, 5) is 37.2. The number of benzene rings is 1. The van der Waals surface area contributed by atoms with Crippen molar-refractivity contribution in [1.82, 2.24) is 0 Å². The molecule has 154 valence electrons. The molecule has 9 heteroatoms. The van der Waals surface area contributed by atoms with Gasteiger partial charge in [-0.15, -0.1) is 0 Å². The first kappa shape index (κ1) is 22.2. The Kier molecular flexibility index (Phi) is 6.48. The number of carbonyl (C=O) groups is 2. The van der Waals surface area contributed by atoms with E-state index in [2.05, 4.69) is 0 Å². The molecule has 0 amide bonds. The van der Waals surface area contributed by atoms with E-state index in [-0.39, 0.29) is 27.7 Å². The molecular weight excluding hydrogens is 400 g/mol. The first-order valence-corrected chi connectivity index (χ1v) is 8.94. The normalized spacial score (nSPS) is 13.9. The molecule has 0 atom stereocenters. The molecule has 0 saturated heterocycles. The second-order valence-corrected chi connectivity index (χ2v) is 7.56. The molecule has 8 nitrogen and oxygen atoms in total. The van der Waals surface area contributed by atoms with E-state index in [1.54, 1.807) is 6.07 Å². The molecule has 0 saturated carbocycles. The number of hydrogen-bond donors (Lipinski definition) is 0. The van der Waals surface area contributed by atoms with Crippen LogP contribution < -0.4 is 4.90 Å². The van der Waals surface area contributed by atoms with Crippen LogP contribution in [0.25, 0.3) is 0 Å². The highest BCUT2D eigenvalue weighted by atomic mass is 35.5. The second-order valence-electron chi connectivity index (χ2n) is 7.15. The highest BCUT2D eigenvalue weighted by Crippen LogP contribution is 2.42. The van der Waals surface area contributed by atoms with Crippen molar-refractivity contribution in [1.29, 1.82) is 0 Å². The van der Waals surface area contributed by atoms with Crippen molar-refractivity contribution in [3.8, 4) is 0 Å². The van der Waals surface area contributed by atoms with Crippen molar-refractivity contribution in [3.63, 3.8) is 0 Å². The molecule has 0 unspecified atom stereocenters. The molecule has 0 fully saturated rings. The summed E-state index contributed by atoms with van der Waals surface area (Å²) in [6, 6.07) is 3.00. The Bertz CT molecular complexity index is 956. The zero-order valence-electron chi connectivity index (χ0n) is 16.7. The molecule has 1 aromatic rings. The lowest BCUT2D eigenvalue weighted by Gasteiger charge is -2.26. The quantitative estimate of drug-likeness (QED) is 0.411. The van der Waals surface area contributed by atoms with Crippen molar-refractivity contribution in [2.45, 2.75) is 26.2 Å². The predicted octanol–water partition coefficient (Wildman–Crippen LogP) is 4.04. The lowest BCUT2D eigenvalue weighted by atomic mass is 9.86. The number of ether oxygens (including phenoxy) is 2. The van der Waals surface area contributed by atoms with Gasteiger partial charge in [-0.05, 0) is 29.2 Å². The summed E-state index contributed by atoms with van der Waals surface area (Å²) in [6.45, 7) is 5.69. The number of anilines is 1. The second kappa shape index (κ2) is 8.48. The van der Waals surface area contributed by atoms with Crippen LogP contribution in [-0.4, -0.2) is 31.1 Å². The van der Waals surface area contributed by atoms with Gasteiger partial charge in [0.25, 0.3) is 5.69 Å². The van der Waals surface area contributed by atoms with Gasteiger partial charge < -0.3 is 14.4 Å². The van der Waals surface area contributed by atoms with E-state index in [1.165, 1.54) is 35.4 Å². The van der Waals surface area contributed by atoms with Crippen LogP contribution in [0.15, 0.2) is 47.8 Å². The van der Waals surface area contributed by atoms with E-state index in [4.69, 9.17) is 21.1 Å². The van der Waals surface area contributed by atoms with Gasteiger partial charge in [0.1, 0.15) is 11.4 Å². The smallest absolute Gasteiger partial charge is 0.355 e. The lowest BCUT2D eigenvalue weighted by Crippen LogP contribution is -2.28. The SMILES string of the molecule is COC(=O)C1=C(C(=O)OC)N(c2c(Cl)cc(C(C)(C)C)cc2[N+](=O)[O-])C=CC=C1. The van der Waals surface area contributed by atoms with Crippen molar-refractivity contribution < 1.29 is 24.0 Å². The summed E-state index contributed by atoms with van der Waals surface area (Å²) >= 11 is 6.45. The Labute approximate surface area is 173 Å². The maximum atomic E-state index is 12.5. The van der Waals surface area contributed by atoms with Gasteiger partial charge in [-0.2, -0.15) is 0 Å². The summed E-state index contributed by atoms with van der Waals surface area (Å²) < 4.78 is 9.56. The van der Waals surface area contributed by atoms with Crippen molar-refractivity contribution >= 4 is 34.9 Å². The van der Waals surface area contributed by atoms with Crippen LogP contribution in [0.5, 0.6) is 0 Å². The number of nitro groups is 1. The number of halogens is 1. The van der Waals surface area contributed by atoms with Crippen LogP contribution in [-0.2, 0) is 24.5 Å². The van der Waals surface area contributed by atoms with E-state index in [0.29, 0.717) is 5.56 Å². The third kappa shape index (κ3) is 4.48. The fourth-order valence-electron chi connectivity index (χ4n) is 2.73. The maximum Gasteiger partial charge on any atom is 0.355 e. The van der Waals surface area contributed by atoms with Crippen LogP contribution in [0.4, 0.5) is 11.4 Å². The number of nitro benzene ring substituents is 1. The first-order valence-electron chi connectivity index (χ1n) is 8.56. The van der Waals surface area contributed by atoms with E-state index >= 15 is 0 Å².